The average molecular weight is 518 g/mol. The van der Waals surface area contributed by atoms with E-state index in [1.165, 1.54) is 12.1 Å². The van der Waals surface area contributed by atoms with E-state index in [1.54, 1.807) is 36.2 Å². The van der Waals surface area contributed by atoms with Crippen molar-refractivity contribution in [1.29, 1.82) is 0 Å². The van der Waals surface area contributed by atoms with Gasteiger partial charge in [0.25, 0.3) is 5.91 Å². The second-order valence-electron chi connectivity index (χ2n) is 10.7. The van der Waals surface area contributed by atoms with E-state index >= 15 is 0 Å². The van der Waals surface area contributed by atoms with Crippen LogP contribution in [0.5, 0.6) is 0 Å². The van der Waals surface area contributed by atoms with Crippen LogP contribution in [0, 0.1) is 0 Å². The Balaban J connectivity index is 1.36. The van der Waals surface area contributed by atoms with E-state index in [0.29, 0.717) is 31.5 Å². The smallest absolute Gasteiger partial charge is 0.348 e. The number of rotatable bonds is 6. The summed E-state index contributed by atoms with van der Waals surface area (Å²) in [7, 11) is 3.51. The summed E-state index contributed by atoms with van der Waals surface area (Å²) >= 11 is 0. The summed E-state index contributed by atoms with van der Waals surface area (Å²) in [6.07, 6.45) is 1.98. The number of alkyl halides is 3. The van der Waals surface area contributed by atoms with Crippen LogP contribution < -0.4 is 0 Å². The van der Waals surface area contributed by atoms with Crippen LogP contribution in [0.2, 0.25) is 0 Å². The van der Waals surface area contributed by atoms with Gasteiger partial charge in [-0.25, -0.2) is 0 Å². The lowest BCUT2D eigenvalue weighted by atomic mass is 9.97. The van der Waals surface area contributed by atoms with Crippen LogP contribution in [0.3, 0.4) is 0 Å². The van der Waals surface area contributed by atoms with Crippen molar-refractivity contribution in [3.05, 3.63) is 52.8 Å². The molecule has 2 aliphatic heterocycles. The Bertz CT molecular complexity index is 1150. The Labute approximate surface area is 215 Å². The first-order valence-corrected chi connectivity index (χ1v) is 13.1. The quantitative estimate of drug-likeness (QED) is 0.567. The van der Waals surface area contributed by atoms with Gasteiger partial charge in [0.1, 0.15) is 0 Å². The molecule has 0 radical (unpaired) electrons. The molecule has 0 spiro atoms. The molecule has 10 heteroatoms. The molecule has 1 saturated carbocycles. The van der Waals surface area contributed by atoms with Gasteiger partial charge in [-0.15, -0.1) is 0 Å². The number of halogens is 3. The number of carbonyl (C=O) groups excluding carboxylic acids is 2. The maximum absolute atomic E-state index is 13.8. The zero-order valence-corrected chi connectivity index (χ0v) is 21.4. The van der Waals surface area contributed by atoms with Gasteiger partial charge in [-0.1, -0.05) is 18.2 Å². The fraction of sp³-hybridized carbons (Fsp3) is 0.593. The first kappa shape index (κ1) is 25.8. The van der Waals surface area contributed by atoms with Gasteiger partial charge in [-0.05, 0) is 50.2 Å². The molecule has 0 N–H and O–H groups in total. The molecule has 37 heavy (non-hydrogen) atoms. The van der Waals surface area contributed by atoms with Gasteiger partial charge in [0, 0.05) is 39.6 Å². The van der Waals surface area contributed by atoms with Crippen molar-refractivity contribution in [2.45, 2.75) is 62.7 Å². The number of likely N-dealkylation sites (N-methyl/N-ethyl adjacent to an activating group) is 1. The van der Waals surface area contributed by atoms with Gasteiger partial charge < -0.3 is 9.80 Å². The third-order valence-corrected chi connectivity index (χ3v) is 7.93. The van der Waals surface area contributed by atoms with E-state index in [1.807, 2.05) is 4.68 Å². The minimum absolute atomic E-state index is 0.0800. The lowest BCUT2D eigenvalue weighted by Gasteiger charge is -2.33. The number of likely N-dealkylation sites (tertiary alicyclic amines) is 2. The van der Waals surface area contributed by atoms with Crippen LogP contribution in [-0.2, 0) is 11.0 Å². The van der Waals surface area contributed by atoms with Crippen molar-refractivity contribution in [3.63, 3.8) is 0 Å². The highest BCUT2D eigenvalue weighted by Crippen LogP contribution is 2.45. The van der Waals surface area contributed by atoms with Gasteiger partial charge in [-0.2, -0.15) is 18.3 Å². The monoisotopic (exact) mass is 517 g/mol. The molecule has 5 rings (SSSR count). The van der Waals surface area contributed by atoms with Crippen LogP contribution in [-0.4, -0.2) is 76.6 Å². The molecule has 200 valence electrons. The Morgan fingerprint density at radius 2 is 1.73 bits per heavy atom. The predicted molar refractivity (Wildman–Crippen MR) is 132 cm³/mol. The summed E-state index contributed by atoms with van der Waals surface area (Å²) in [6, 6.07) is 5.14. The third kappa shape index (κ3) is 5.26. The zero-order valence-electron chi connectivity index (χ0n) is 21.4. The minimum Gasteiger partial charge on any atom is -0.348 e. The molecule has 1 aliphatic carbocycles. The van der Waals surface area contributed by atoms with Crippen molar-refractivity contribution < 1.29 is 22.8 Å². The van der Waals surface area contributed by atoms with Gasteiger partial charge in [0.15, 0.2) is 0 Å². The van der Waals surface area contributed by atoms with E-state index in [2.05, 4.69) is 10.00 Å². The third-order valence-electron chi connectivity index (χ3n) is 7.93. The maximum atomic E-state index is 13.8. The molecule has 7 nitrogen and oxygen atoms in total. The number of aromatic nitrogens is 2. The largest absolute Gasteiger partial charge is 0.416 e. The first-order valence-electron chi connectivity index (χ1n) is 13.1. The van der Waals surface area contributed by atoms with E-state index in [0.717, 1.165) is 50.5 Å². The highest BCUT2D eigenvalue weighted by molar-refractivity contribution is 5.96. The van der Waals surface area contributed by atoms with Crippen molar-refractivity contribution in [3.8, 4) is 0 Å². The number of benzene rings is 1. The molecule has 2 amide bonds. The molecule has 0 bridgehead atoms. The van der Waals surface area contributed by atoms with Crippen LogP contribution >= 0.6 is 0 Å². The number of nitrogens with zero attached hydrogens (tertiary/aromatic N) is 5. The van der Waals surface area contributed by atoms with Crippen molar-refractivity contribution in [2.24, 2.45) is 0 Å². The fourth-order valence-corrected chi connectivity index (χ4v) is 5.78. The summed E-state index contributed by atoms with van der Waals surface area (Å²) in [5, 5.41) is 4.66. The number of piperidine rings is 1. The first-order chi connectivity index (χ1) is 17.6. The Morgan fingerprint density at radius 1 is 1.03 bits per heavy atom. The molecule has 1 aromatic carbocycles. The highest BCUT2D eigenvalue weighted by atomic mass is 19.4. The van der Waals surface area contributed by atoms with Crippen LogP contribution in [0.15, 0.2) is 30.5 Å². The van der Waals surface area contributed by atoms with Gasteiger partial charge >= 0.3 is 6.18 Å². The Kier molecular flexibility index (Phi) is 7.04. The van der Waals surface area contributed by atoms with E-state index in [9.17, 15) is 22.8 Å². The molecular formula is C27H34F3N5O2. The van der Waals surface area contributed by atoms with E-state index in [4.69, 9.17) is 0 Å². The van der Waals surface area contributed by atoms with Gasteiger partial charge in [-0.3, -0.25) is 19.2 Å². The summed E-state index contributed by atoms with van der Waals surface area (Å²) in [4.78, 5) is 31.3. The van der Waals surface area contributed by atoms with Crippen molar-refractivity contribution in [2.75, 3.05) is 40.3 Å². The average Bonchev–Trinajstić information content (AvgIpc) is 3.42. The molecule has 3 heterocycles. The normalized spacial score (nSPS) is 21.4. The van der Waals surface area contributed by atoms with Crippen molar-refractivity contribution >= 4 is 11.8 Å². The number of carbonyl (C=O) groups is 2. The number of amides is 2. The second-order valence-corrected chi connectivity index (χ2v) is 10.7. The molecule has 1 unspecified atom stereocenters. The summed E-state index contributed by atoms with van der Waals surface area (Å²) in [5.74, 6) is 0.122. The van der Waals surface area contributed by atoms with Crippen molar-refractivity contribution in [1.82, 2.24) is 24.5 Å². The van der Waals surface area contributed by atoms with E-state index in [-0.39, 0.29) is 29.3 Å². The molecule has 3 aliphatic rings. The molecule has 2 saturated heterocycles. The standard InChI is InChI=1S/C27H34F3N5O2/c1-32(2)24(36)17-33-14-11-19(12-15-33)35-25(18-9-10-18)21(16-31-35)26(37)34-13-5-8-23(34)20-6-3-4-7-22(20)27(28,29)30/h3-4,6-7,16,18-19,23H,5,8-15,17H2,1-2H3. The van der Waals surface area contributed by atoms with Gasteiger partial charge in [0.2, 0.25) is 5.91 Å². The Morgan fingerprint density at radius 3 is 2.38 bits per heavy atom. The van der Waals surface area contributed by atoms with Crippen LogP contribution in [0.4, 0.5) is 13.2 Å². The fourth-order valence-electron chi connectivity index (χ4n) is 5.78. The molecular weight excluding hydrogens is 483 g/mol. The van der Waals surface area contributed by atoms with Gasteiger partial charge in [0.05, 0.1) is 41.6 Å². The number of hydrogen-bond donors (Lipinski definition) is 0. The summed E-state index contributed by atoms with van der Waals surface area (Å²) in [5.41, 5.74) is 0.963. The maximum Gasteiger partial charge on any atom is 0.416 e. The molecule has 3 fully saturated rings. The zero-order chi connectivity index (χ0) is 26.3. The van der Waals surface area contributed by atoms with Crippen LogP contribution in [0.1, 0.15) is 83.7 Å². The molecule has 2 aromatic rings. The number of hydrogen-bond acceptors (Lipinski definition) is 4. The second kappa shape index (κ2) is 10.1. The highest BCUT2D eigenvalue weighted by Gasteiger charge is 2.41. The predicted octanol–water partition coefficient (Wildman–Crippen LogP) is 4.48. The Hall–Kier alpha value is -2.88. The van der Waals surface area contributed by atoms with E-state index < -0.39 is 17.8 Å². The summed E-state index contributed by atoms with van der Waals surface area (Å²) in [6.45, 7) is 2.39. The molecule has 1 atom stereocenters. The van der Waals surface area contributed by atoms with Crippen LogP contribution in [0.25, 0.3) is 0 Å². The SMILES string of the molecule is CN(C)C(=O)CN1CCC(n2ncc(C(=O)N3CCCC3c3ccccc3C(F)(F)F)c2C2CC2)CC1. The molecule has 1 aromatic heterocycles. The minimum atomic E-state index is -4.47. The summed E-state index contributed by atoms with van der Waals surface area (Å²) < 4.78 is 43.2. The topological polar surface area (TPSA) is 61.7 Å². The lowest BCUT2D eigenvalue weighted by molar-refractivity contribution is -0.138. The lowest BCUT2D eigenvalue weighted by Crippen LogP contribution is -2.41.